The fourth-order valence-electron chi connectivity index (χ4n) is 7.88. The minimum absolute atomic E-state index is 0.0967. The van der Waals surface area contributed by atoms with Gasteiger partial charge in [-0.25, -0.2) is 0 Å². The van der Waals surface area contributed by atoms with Crippen LogP contribution >= 0.6 is 0 Å². The summed E-state index contributed by atoms with van der Waals surface area (Å²) < 4.78 is 5.59. The van der Waals surface area contributed by atoms with Crippen molar-refractivity contribution in [1.82, 2.24) is 0 Å². The van der Waals surface area contributed by atoms with Crippen molar-refractivity contribution in [3.05, 3.63) is 11.6 Å². The Bertz CT molecular complexity index is 579. The molecule has 2 heteroatoms. The van der Waals surface area contributed by atoms with Crippen molar-refractivity contribution in [3.63, 3.8) is 0 Å². The monoisotopic (exact) mass is 344 g/mol. The standard InChI is InChI=1S/C23H36O2/c1-5-16-7-9-20-19-8-6-17-14-18(25-15(2)24)10-12-23(17,4)21(19)11-13-22(16,20)3/h5,17-21H,6-14H2,1-4H3/b16-5+/t17-,18?,19?,20?,21?,22?,23?/m0/s1. The number of rotatable bonds is 1. The summed E-state index contributed by atoms with van der Waals surface area (Å²) in [5.74, 6) is 3.42. The first-order valence-corrected chi connectivity index (χ1v) is 10.7. The van der Waals surface area contributed by atoms with E-state index >= 15 is 0 Å². The molecule has 0 saturated heterocycles. The summed E-state index contributed by atoms with van der Waals surface area (Å²) in [6.45, 7) is 8.98. The molecule has 7 atom stereocenters. The van der Waals surface area contributed by atoms with E-state index in [1.165, 1.54) is 44.9 Å². The molecule has 4 fully saturated rings. The smallest absolute Gasteiger partial charge is 0.302 e. The highest BCUT2D eigenvalue weighted by atomic mass is 16.5. The predicted octanol–water partition coefficient (Wildman–Crippen LogP) is 5.91. The van der Waals surface area contributed by atoms with Crippen LogP contribution in [0.4, 0.5) is 0 Å². The zero-order valence-corrected chi connectivity index (χ0v) is 16.6. The maximum absolute atomic E-state index is 11.4. The minimum atomic E-state index is -0.0967. The number of fused-ring (bicyclic) bond motifs is 5. The summed E-state index contributed by atoms with van der Waals surface area (Å²) >= 11 is 0. The van der Waals surface area contributed by atoms with Gasteiger partial charge in [-0.15, -0.1) is 0 Å². The second-order valence-corrected chi connectivity index (χ2v) is 9.97. The highest BCUT2D eigenvalue weighted by Gasteiger charge is 2.59. The first-order chi connectivity index (χ1) is 11.9. The van der Waals surface area contributed by atoms with Gasteiger partial charge in [0.15, 0.2) is 0 Å². The van der Waals surface area contributed by atoms with Crippen LogP contribution in [0.2, 0.25) is 0 Å². The maximum Gasteiger partial charge on any atom is 0.302 e. The first kappa shape index (κ1) is 17.6. The Morgan fingerprint density at radius 2 is 1.88 bits per heavy atom. The van der Waals surface area contributed by atoms with Gasteiger partial charge in [0.05, 0.1) is 0 Å². The zero-order valence-electron chi connectivity index (χ0n) is 16.6. The molecule has 4 aliphatic carbocycles. The van der Waals surface area contributed by atoms with Crippen molar-refractivity contribution in [1.29, 1.82) is 0 Å². The predicted molar refractivity (Wildman–Crippen MR) is 101 cm³/mol. The highest BCUT2D eigenvalue weighted by molar-refractivity contribution is 5.66. The molecule has 0 heterocycles. The van der Waals surface area contributed by atoms with E-state index in [1.807, 2.05) is 0 Å². The average Bonchev–Trinajstić information content (AvgIpc) is 2.91. The number of hydrogen-bond donors (Lipinski definition) is 0. The minimum Gasteiger partial charge on any atom is -0.463 e. The second-order valence-electron chi connectivity index (χ2n) is 9.97. The maximum atomic E-state index is 11.4. The Balaban J connectivity index is 1.55. The van der Waals surface area contributed by atoms with Crippen LogP contribution in [0.3, 0.4) is 0 Å². The van der Waals surface area contributed by atoms with E-state index in [2.05, 4.69) is 26.8 Å². The Hall–Kier alpha value is -0.790. The number of ether oxygens (including phenoxy) is 1. The topological polar surface area (TPSA) is 26.3 Å². The van der Waals surface area contributed by atoms with Gasteiger partial charge in [0.1, 0.15) is 6.10 Å². The quantitative estimate of drug-likeness (QED) is 0.437. The van der Waals surface area contributed by atoms with Crippen LogP contribution in [0.5, 0.6) is 0 Å². The second kappa shape index (κ2) is 6.13. The van der Waals surface area contributed by atoms with E-state index in [4.69, 9.17) is 4.74 Å². The Labute approximate surface area is 153 Å². The molecule has 6 unspecified atom stereocenters. The van der Waals surface area contributed by atoms with Crippen molar-refractivity contribution < 1.29 is 9.53 Å². The molecule has 0 aromatic rings. The van der Waals surface area contributed by atoms with Crippen LogP contribution < -0.4 is 0 Å². The highest BCUT2D eigenvalue weighted by Crippen LogP contribution is 2.67. The van der Waals surface area contributed by atoms with Crippen LogP contribution in [0.1, 0.15) is 85.5 Å². The Kier molecular flexibility index (Phi) is 4.32. The molecule has 0 aromatic heterocycles. The molecule has 0 N–H and O–H groups in total. The summed E-state index contributed by atoms with van der Waals surface area (Å²) in [4.78, 5) is 11.4. The summed E-state index contributed by atoms with van der Waals surface area (Å²) in [7, 11) is 0. The van der Waals surface area contributed by atoms with E-state index in [-0.39, 0.29) is 12.1 Å². The molecule has 0 radical (unpaired) electrons. The van der Waals surface area contributed by atoms with Crippen molar-refractivity contribution in [2.24, 2.45) is 34.5 Å². The van der Waals surface area contributed by atoms with Crippen molar-refractivity contribution in [2.75, 3.05) is 0 Å². The molecule has 4 aliphatic rings. The van der Waals surface area contributed by atoms with Gasteiger partial charge in [0.2, 0.25) is 0 Å². The van der Waals surface area contributed by atoms with Gasteiger partial charge in [-0.05, 0) is 99.2 Å². The van der Waals surface area contributed by atoms with Gasteiger partial charge in [-0.1, -0.05) is 25.5 Å². The van der Waals surface area contributed by atoms with Gasteiger partial charge in [-0.2, -0.15) is 0 Å². The fourth-order valence-corrected chi connectivity index (χ4v) is 7.88. The summed E-state index contributed by atoms with van der Waals surface area (Å²) in [5.41, 5.74) is 2.73. The molecule has 2 nitrogen and oxygen atoms in total. The molecule has 0 bridgehead atoms. The van der Waals surface area contributed by atoms with Crippen LogP contribution in [-0.2, 0) is 9.53 Å². The van der Waals surface area contributed by atoms with Crippen LogP contribution in [0.15, 0.2) is 11.6 Å². The third-order valence-corrected chi connectivity index (χ3v) is 9.15. The van der Waals surface area contributed by atoms with E-state index in [0.717, 1.165) is 36.5 Å². The van der Waals surface area contributed by atoms with Crippen molar-refractivity contribution >= 4 is 5.97 Å². The normalized spacial score (nSPS) is 50.7. The molecule has 0 amide bonds. The fraction of sp³-hybridized carbons (Fsp3) is 0.870. The molecule has 0 aromatic carbocycles. The van der Waals surface area contributed by atoms with Gasteiger partial charge in [0.25, 0.3) is 0 Å². The number of carbonyl (C=O) groups is 1. The zero-order chi connectivity index (χ0) is 17.8. The molecular weight excluding hydrogens is 308 g/mol. The number of carbonyl (C=O) groups excluding carboxylic acids is 1. The number of allylic oxidation sites excluding steroid dienone is 2. The largest absolute Gasteiger partial charge is 0.463 e. The third kappa shape index (κ3) is 2.61. The van der Waals surface area contributed by atoms with E-state index in [1.54, 1.807) is 12.5 Å². The lowest BCUT2D eigenvalue weighted by Gasteiger charge is -2.60. The van der Waals surface area contributed by atoms with Crippen LogP contribution in [-0.4, -0.2) is 12.1 Å². The van der Waals surface area contributed by atoms with Crippen LogP contribution in [0, 0.1) is 34.5 Å². The molecular formula is C23H36O2. The Morgan fingerprint density at radius 1 is 1.08 bits per heavy atom. The summed E-state index contributed by atoms with van der Waals surface area (Å²) in [6, 6.07) is 0. The third-order valence-electron chi connectivity index (χ3n) is 9.15. The number of esters is 1. The van der Waals surface area contributed by atoms with Gasteiger partial charge in [0, 0.05) is 6.92 Å². The lowest BCUT2D eigenvalue weighted by molar-refractivity contribution is -0.158. The van der Waals surface area contributed by atoms with Gasteiger partial charge >= 0.3 is 5.97 Å². The van der Waals surface area contributed by atoms with Gasteiger partial charge in [-0.3, -0.25) is 4.79 Å². The molecule has 4 rings (SSSR count). The summed E-state index contributed by atoms with van der Waals surface area (Å²) in [6.07, 6.45) is 14.4. The lowest BCUT2D eigenvalue weighted by atomic mass is 9.45. The molecule has 0 spiro atoms. The number of hydrogen-bond acceptors (Lipinski definition) is 2. The van der Waals surface area contributed by atoms with Crippen molar-refractivity contribution in [3.8, 4) is 0 Å². The average molecular weight is 345 g/mol. The lowest BCUT2D eigenvalue weighted by Crippen LogP contribution is -2.53. The van der Waals surface area contributed by atoms with Crippen molar-refractivity contribution in [2.45, 2.75) is 91.6 Å². The van der Waals surface area contributed by atoms with Crippen LogP contribution in [0.25, 0.3) is 0 Å². The Morgan fingerprint density at radius 3 is 2.60 bits per heavy atom. The van der Waals surface area contributed by atoms with Gasteiger partial charge < -0.3 is 4.74 Å². The molecule has 140 valence electrons. The molecule has 0 aliphatic heterocycles. The molecule has 25 heavy (non-hydrogen) atoms. The van der Waals surface area contributed by atoms with E-state index in [0.29, 0.717) is 10.8 Å². The SMILES string of the molecule is C/C=C1\CCC2C3CC[C@H]4CC(OC(C)=O)CCC4(C)C3CCC12C. The summed E-state index contributed by atoms with van der Waals surface area (Å²) in [5, 5.41) is 0. The first-order valence-electron chi connectivity index (χ1n) is 10.7. The van der Waals surface area contributed by atoms with E-state index < -0.39 is 0 Å². The molecule has 4 saturated carbocycles. The van der Waals surface area contributed by atoms with E-state index in [9.17, 15) is 4.79 Å².